The Kier molecular flexibility index (Phi) is 3.90. The van der Waals surface area contributed by atoms with Gasteiger partial charge in [-0.25, -0.2) is 0 Å². The van der Waals surface area contributed by atoms with Gasteiger partial charge in [0.15, 0.2) is 0 Å². The molecule has 2 aromatic rings. The Bertz CT molecular complexity index is 573. The van der Waals surface area contributed by atoms with Crippen LogP contribution in [0.5, 0.6) is 0 Å². The van der Waals surface area contributed by atoms with Crippen LogP contribution in [-0.4, -0.2) is 10.6 Å². The molecule has 2 N–H and O–H groups in total. The molecule has 2 nitrogen and oxygen atoms in total. The van der Waals surface area contributed by atoms with E-state index in [9.17, 15) is 0 Å². The van der Waals surface area contributed by atoms with Crippen molar-refractivity contribution < 1.29 is 0 Å². The Morgan fingerprint density at radius 3 is 2.94 bits per heavy atom. The molecule has 1 aliphatic heterocycles. The van der Waals surface area contributed by atoms with E-state index >= 15 is 0 Å². The van der Waals surface area contributed by atoms with Crippen molar-refractivity contribution in [2.75, 3.05) is 0 Å². The molecule has 3 rings (SSSR count). The summed E-state index contributed by atoms with van der Waals surface area (Å²) in [5.41, 5.74) is 10.2. The number of rotatable bonds is 2. The van der Waals surface area contributed by atoms with E-state index in [4.69, 9.17) is 17.3 Å². The van der Waals surface area contributed by atoms with Gasteiger partial charge in [-0.05, 0) is 49.9 Å². The van der Waals surface area contributed by atoms with Crippen molar-refractivity contribution in [3.63, 3.8) is 0 Å². The van der Waals surface area contributed by atoms with Gasteiger partial charge in [0.1, 0.15) is 0 Å². The molecule has 0 aliphatic carbocycles. The summed E-state index contributed by atoms with van der Waals surface area (Å²) < 4.78 is 2.43. The van der Waals surface area contributed by atoms with E-state index in [1.54, 1.807) is 0 Å². The minimum atomic E-state index is 0. The zero-order valence-corrected chi connectivity index (χ0v) is 12.0. The third kappa shape index (κ3) is 2.13. The summed E-state index contributed by atoms with van der Waals surface area (Å²) in [5, 5.41) is 2.11. The topological polar surface area (TPSA) is 30.9 Å². The summed E-state index contributed by atoms with van der Waals surface area (Å²) in [6.07, 6.45) is 3.37. The SMILES string of the molecule is CC(N)Cc1c2n(c3ccc(Cl)cc13)CCC2.Cl. The number of fused-ring (bicyclic) bond motifs is 3. The number of nitrogens with zero attached hydrogens (tertiary/aromatic N) is 1. The van der Waals surface area contributed by atoms with Crippen LogP contribution in [0.3, 0.4) is 0 Å². The van der Waals surface area contributed by atoms with Crippen LogP contribution in [0.25, 0.3) is 10.9 Å². The quantitative estimate of drug-likeness (QED) is 0.898. The van der Waals surface area contributed by atoms with Crippen LogP contribution in [0.15, 0.2) is 18.2 Å². The minimum absolute atomic E-state index is 0. The minimum Gasteiger partial charge on any atom is -0.344 e. The molecule has 1 aliphatic rings. The van der Waals surface area contributed by atoms with Crippen LogP contribution in [-0.2, 0) is 19.4 Å². The molecule has 2 heterocycles. The van der Waals surface area contributed by atoms with Crippen LogP contribution >= 0.6 is 24.0 Å². The molecule has 18 heavy (non-hydrogen) atoms. The third-order valence-electron chi connectivity index (χ3n) is 3.57. The molecule has 0 saturated carbocycles. The van der Waals surface area contributed by atoms with E-state index in [1.807, 2.05) is 6.07 Å². The third-order valence-corrected chi connectivity index (χ3v) is 3.81. The Hall–Kier alpha value is -0.700. The van der Waals surface area contributed by atoms with Crippen LogP contribution < -0.4 is 5.73 Å². The van der Waals surface area contributed by atoms with Gasteiger partial charge in [0.25, 0.3) is 0 Å². The maximum atomic E-state index is 6.11. The molecular formula is C14H18Cl2N2. The molecule has 0 spiro atoms. The summed E-state index contributed by atoms with van der Waals surface area (Å²) in [5.74, 6) is 0. The standard InChI is InChI=1S/C14H17ClN2.ClH/c1-9(16)7-11-12-8-10(15)4-5-14(12)17-6-2-3-13(11)17;/h4-5,8-9H,2-3,6-7,16H2,1H3;1H. The number of benzene rings is 1. The predicted molar refractivity (Wildman–Crippen MR) is 79.9 cm³/mol. The van der Waals surface area contributed by atoms with Crippen molar-refractivity contribution in [3.05, 3.63) is 34.5 Å². The van der Waals surface area contributed by atoms with Gasteiger partial charge in [0, 0.05) is 34.2 Å². The molecule has 1 atom stereocenters. The fourth-order valence-electron chi connectivity index (χ4n) is 2.94. The van der Waals surface area contributed by atoms with Gasteiger partial charge in [-0.2, -0.15) is 0 Å². The maximum Gasteiger partial charge on any atom is 0.0486 e. The molecule has 1 unspecified atom stereocenters. The summed E-state index contributed by atoms with van der Waals surface area (Å²) in [7, 11) is 0. The lowest BCUT2D eigenvalue weighted by atomic mass is 10.0. The molecule has 0 saturated heterocycles. The van der Waals surface area contributed by atoms with E-state index in [1.165, 1.54) is 35.0 Å². The summed E-state index contributed by atoms with van der Waals surface area (Å²) >= 11 is 6.11. The molecule has 0 bridgehead atoms. The molecule has 0 radical (unpaired) electrons. The molecule has 4 heteroatoms. The Balaban J connectivity index is 0.00000120. The van der Waals surface area contributed by atoms with Crippen molar-refractivity contribution in [2.45, 2.75) is 38.8 Å². The Morgan fingerprint density at radius 1 is 1.44 bits per heavy atom. The molecule has 0 amide bonds. The number of halogens is 2. The fraction of sp³-hybridized carbons (Fsp3) is 0.429. The van der Waals surface area contributed by atoms with Crippen molar-refractivity contribution in [2.24, 2.45) is 5.73 Å². The smallest absolute Gasteiger partial charge is 0.0486 e. The van der Waals surface area contributed by atoms with Crippen LogP contribution in [0.4, 0.5) is 0 Å². The molecule has 0 fully saturated rings. The normalized spacial score (nSPS) is 15.5. The highest BCUT2D eigenvalue weighted by atomic mass is 35.5. The van der Waals surface area contributed by atoms with Crippen LogP contribution in [0.1, 0.15) is 24.6 Å². The van der Waals surface area contributed by atoms with Crippen molar-refractivity contribution in [3.8, 4) is 0 Å². The second kappa shape index (κ2) is 5.12. The van der Waals surface area contributed by atoms with E-state index in [2.05, 4.69) is 23.6 Å². The number of hydrogen-bond acceptors (Lipinski definition) is 1. The van der Waals surface area contributed by atoms with E-state index in [0.717, 1.165) is 18.0 Å². The lowest BCUT2D eigenvalue weighted by molar-refractivity contribution is 0.733. The highest BCUT2D eigenvalue weighted by Gasteiger charge is 2.21. The number of aryl methyl sites for hydroxylation is 1. The molecule has 1 aromatic heterocycles. The fourth-order valence-corrected chi connectivity index (χ4v) is 3.12. The first-order valence-electron chi connectivity index (χ1n) is 6.22. The predicted octanol–water partition coefficient (Wildman–Crippen LogP) is 3.55. The van der Waals surface area contributed by atoms with Crippen molar-refractivity contribution >= 4 is 34.9 Å². The average molecular weight is 285 g/mol. The highest BCUT2D eigenvalue weighted by molar-refractivity contribution is 6.31. The van der Waals surface area contributed by atoms with Gasteiger partial charge >= 0.3 is 0 Å². The summed E-state index contributed by atoms with van der Waals surface area (Å²) in [6.45, 7) is 3.20. The number of hydrogen-bond donors (Lipinski definition) is 1. The second-order valence-corrected chi connectivity index (χ2v) is 5.46. The van der Waals surface area contributed by atoms with E-state index < -0.39 is 0 Å². The zero-order valence-electron chi connectivity index (χ0n) is 10.4. The lowest BCUT2D eigenvalue weighted by Gasteiger charge is -2.06. The van der Waals surface area contributed by atoms with Crippen molar-refractivity contribution in [1.82, 2.24) is 4.57 Å². The first-order valence-corrected chi connectivity index (χ1v) is 6.59. The highest BCUT2D eigenvalue weighted by Crippen LogP contribution is 2.33. The van der Waals surface area contributed by atoms with Gasteiger partial charge < -0.3 is 10.3 Å². The van der Waals surface area contributed by atoms with Gasteiger partial charge in [0.05, 0.1) is 0 Å². The lowest BCUT2D eigenvalue weighted by Crippen LogP contribution is -2.18. The molecule has 98 valence electrons. The van der Waals surface area contributed by atoms with E-state index in [0.29, 0.717) is 0 Å². The summed E-state index contributed by atoms with van der Waals surface area (Å²) in [4.78, 5) is 0. The zero-order chi connectivity index (χ0) is 12.0. The van der Waals surface area contributed by atoms with Gasteiger partial charge in [-0.3, -0.25) is 0 Å². The van der Waals surface area contributed by atoms with Crippen LogP contribution in [0, 0.1) is 0 Å². The van der Waals surface area contributed by atoms with Crippen molar-refractivity contribution in [1.29, 1.82) is 0 Å². The first-order chi connectivity index (χ1) is 8.16. The Morgan fingerprint density at radius 2 is 2.22 bits per heavy atom. The molecule has 1 aromatic carbocycles. The van der Waals surface area contributed by atoms with Gasteiger partial charge in [-0.15, -0.1) is 12.4 Å². The van der Waals surface area contributed by atoms with Gasteiger partial charge in [-0.1, -0.05) is 11.6 Å². The van der Waals surface area contributed by atoms with Crippen LogP contribution in [0.2, 0.25) is 5.02 Å². The second-order valence-electron chi connectivity index (χ2n) is 5.02. The monoisotopic (exact) mass is 284 g/mol. The Labute approximate surface area is 119 Å². The molecular weight excluding hydrogens is 267 g/mol. The first kappa shape index (κ1) is 13.7. The number of aromatic nitrogens is 1. The summed E-state index contributed by atoms with van der Waals surface area (Å²) in [6, 6.07) is 6.40. The number of nitrogens with two attached hydrogens (primary N) is 1. The maximum absolute atomic E-state index is 6.11. The average Bonchev–Trinajstić information content (AvgIpc) is 2.82. The van der Waals surface area contributed by atoms with Gasteiger partial charge in [0.2, 0.25) is 0 Å². The largest absolute Gasteiger partial charge is 0.344 e. The van der Waals surface area contributed by atoms with E-state index in [-0.39, 0.29) is 18.4 Å².